The Hall–Kier alpha value is -1.58. The smallest absolute Gasteiger partial charge is 0.283 e. The van der Waals surface area contributed by atoms with E-state index in [0.717, 1.165) is 0 Å². The Bertz CT molecular complexity index is 245. The predicted molar refractivity (Wildman–Crippen MR) is 32.4 cm³/mol. The highest BCUT2D eigenvalue weighted by Crippen LogP contribution is 2.22. The van der Waals surface area contributed by atoms with E-state index in [4.69, 9.17) is 9.47 Å². The summed E-state index contributed by atoms with van der Waals surface area (Å²) >= 11 is 0. The van der Waals surface area contributed by atoms with Gasteiger partial charge in [-0.1, -0.05) is 0 Å². The second kappa shape index (κ2) is 1.98. The number of hydrogen-bond donors (Lipinski definition) is 0. The van der Waals surface area contributed by atoms with Crippen molar-refractivity contribution in [3.63, 3.8) is 0 Å². The monoisotopic (exact) mass is 136 g/mol. The molecule has 0 fully saturated rings. The molecule has 0 amide bonds. The first-order chi connectivity index (χ1) is 4.97. The third-order valence-corrected chi connectivity index (χ3v) is 1.05. The lowest BCUT2D eigenvalue weighted by atomic mass is 10.6. The van der Waals surface area contributed by atoms with Crippen molar-refractivity contribution in [2.75, 3.05) is 0 Å². The first kappa shape index (κ1) is 5.22. The van der Waals surface area contributed by atoms with E-state index in [9.17, 15) is 0 Å². The van der Waals surface area contributed by atoms with E-state index >= 15 is 0 Å². The number of rotatable bonds is 0. The van der Waals surface area contributed by atoms with Crippen LogP contribution in [0.1, 0.15) is 0 Å². The lowest BCUT2D eigenvalue weighted by molar-refractivity contribution is 0.338. The van der Waals surface area contributed by atoms with Gasteiger partial charge in [-0.3, -0.25) is 0 Å². The van der Waals surface area contributed by atoms with Gasteiger partial charge in [0, 0.05) is 12.4 Å². The molecular weight excluding hydrogens is 132 g/mol. The van der Waals surface area contributed by atoms with Gasteiger partial charge in [-0.25, -0.2) is 9.97 Å². The highest BCUT2D eigenvalue weighted by atomic mass is 16.6. The molecule has 2 rings (SSSR count). The van der Waals surface area contributed by atoms with Crippen LogP contribution in [0.4, 0.5) is 0 Å². The molecule has 1 aliphatic heterocycles. The molecule has 0 N–H and O–H groups in total. The van der Waals surface area contributed by atoms with E-state index in [1.165, 1.54) is 12.5 Å². The van der Waals surface area contributed by atoms with Crippen LogP contribution in [0.5, 0.6) is 11.8 Å². The van der Waals surface area contributed by atoms with Crippen LogP contribution in [0.25, 0.3) is 0 Å². The van der Waals surface area contributed by atoms with Gasteiger partial charge >= 0.3 is 0 Å². The highest BCUT2D eigenvalue weighted by molar-refractivity contribution is 5.27. The maximum Gasteiger partial charge on any atom is 0.283 e. The summed E-state index contributed by atoms with van der Waals surface area (Å²) in [6, 6.07) is 0. The van der Waals surface area contributed by atoms with Crippen molar-refractivity contribution >= 4 is 0 Å². The van der Waals surface area contributed by atoms with Crippen LogP contribution in [0.15, 0.2) is 24.9 Å². The SMILES string of the molecule is C1=COc2nccnc2O1. The maximum absolute atomic E-state index is 4.94. The van der Waals surface area contributed by atoms with Gasteiger partial charge in [0.25, 0.3) is 11.8 Å². The zero-order chi connectivity index (χ0) is 6.81. The zero-order valence-electron chi connectivity index (χ0n) is 5.02. The number of fused-ring (bicyclic) bond motifs is 1. The van der Waals surface area contributed by atoms with Gasteiger partial charge < -0.3 is 9.47 Å². The zero-order valence-corrected chi connectivity index (χ0v) is 5.02. The number of hydrogen-bond acceptors (Lipinski definition) is 4. The fourth-order valence-corrected chi connectivity index (χ4v) is 0.659. The van der Waals surface area contributed by atoms with Crippen molar-refractivity contribution in [3.05, 3.63) is 24.9 Å². The van der Waals surface area contributed by atoms with Crippen molar-refractivity contribution in [2.45, 2.75) is 0 Å². The minimum absolute atomic E-state index is 0.407. The average molecular weight is 136 g/mol. The van der Waals surface area contributed by atoms with Crippen LogP contribution >= 0.6 is 0 Å². The Balaban J connectivity index is 2.47. The summed E-state index contributed by atoms with van der Waals surface area (Å²) in [5, 5.41) is 0. The molecule has 0 spiro atoms. The predicted octanol–water partition coefficient (Wildman–Crippen LogP) is 0.719. The Labute approximate surface area is 57.1 Å². The minimum atomic E-state index is 0.407. The van der Waals surface area contributed by atoms with Gasteiger partial charge in [-0.05, 0) is 0 Å². The molecule has 0 unspecified atom stereocenters. The summed E-state index contributed by atoms with van der Waals surface area (Å²) in [5.41, 5.74) is 0. The van der Waals surface area contributed by atoms with Gasteiger partial charge in [-0.15, -0.1) is 0 Å². The Morgan fingerprint density at radius 2 is 1.40 bits per heavy atom. The molecule has 2 heterocycles. The van der Waals surface area contributed by atoms with E-state index in [1.54, 1.807) is 12.4 Å². The fraction of sp³-hybridized carbons (Fsp3) is 0. The number of nitrogens with zero attached hydrogens (tertiary/aromatic N) is 2. The molecule has 1 aromatic rings. The molecule has 0 radical (unpaired) electrons. The second-order valence-corrected chi connectivity index (χ2v) is 1.67. The molecule has 10 heavy (non-hydrogen) atoms. The maximum atomic E-state index is 4.94. The fourth-order valence-electron chi connectivity index (χ4n) is 0.659. The Morgan fingerprint density at radius 3 is 1.90 bits per heavy atom. The average Bonchev–Trinajstić information content (AvgIpc) is 2.05. The number of aromatic nitrogens is 2. The second-order valence-electron chi connectivity index (χ2n) is 1.67. The lowest BCUT2D eigenvalue weighted by Gasteiger charge is -2.07. The quantitative estimate of drug-likeness (QED) is 0.527. The van der Waals surface area contributed by atoms with Crippen LogP contribution in [0.3, 0.4) is 0 Å². The highest BCUT2D eigenvalue weighted by Gasteiger charge is 2.08. The van der Waals surface area contributed by atoms with E-state index in [-0.39, 0.29) is 0 Å². The number of ether oxygens (including phenoxy) is 2. The topological polar surface area (TPSA) is 44.2 Å². The van der Waals surface area contributed by atoms with Crippen molar-refractivity contribution in [1.82, 2.24) is 9.97 Å². The van der Waals surface area contributed by atoms with Crippen LogP contribution in [-0.4, -0.2) is 9.97 Å². The molecule has 0 atom stereocenters. The summed E-state index contributed by atoms with van der Waals surface area (Å²) in [5.74, 6) is 0.815. The molecule has 4 nitrogen and oxygen atoms in total. The Morgan fingerprint density at radius 1 is 0.900 bits per heavy atom. The normalized spacial score (nSPS) is 13.2. The van der Waals surface area contributed by atoms with E-state index in [0.29, 0.717) is 11.8 Å². The van der Waals surface area contributed by atoms with Gasteiger partial charge in [0.2, 0.25) is 0 Å². The molecule has 4 heteroatoms. The first-order valence-corrected chi connectivity index (χ1v) is 2.76. The summed E-state index contributed by atoms with van der Waals surface area (Å²) in [6.07, 6.45) is 5.91. The summed E-state index contributed by atoms with van der Waals surface area (Å²) in [4.78, 5) is 7.72. The Kier molecular flexibility index (Phi) is 1.04. The third-order valence-electron chi connectivity index (χ3n) is 1.05. The summed E-state index contributed by atoms with van der Waals surface area (Å²) in [6.45, 7) is 0. The van der Waals surface area contributed by atoms with Gasteiger partial charge in [0.1, 0.15) is 12.5 Å². The third kappa shape index (κ3) is 0.699. The molecule has 0 aliphatic carbocycles. The molecule has 50 valence electrons. The molecule has 0 saturated carbocycles. The lowest BCUT2D eigenvalue weighted by Crippen LogP contribution is -1.99. The molecule has 0 aromatic carbocycles. The van der Waals surface area contributed by atoms with Crippen LogP contribution in [-0.2, 0) is 0 Å². The molecule has 1 aliphatic rings. The van der Waals surface area contributed by atoms with Crippen LogP contribution in [0.2, 0.25) is 0 Å². The van der Waals surface area contributed by atoms with E-state index in [1.807, 2.05) is 0 Å². The molecule has 1 aromatic heterocycles. The van der Waals surface area contributed by atoms with Gasteiger partial charge in [0.15, 0.2) is 0 Å². The largest absolute Gasteiger partial charge is 0.439 e. The van der Waals surface area contributed by atoms with Crippen LogP contribution in [0, 0.1) is 0 Å². The molecule has 0 bridgehead atoms. The molecule has 0 saturated heterocycles. The van der Waals surface area contributed by atoms with Crippen molar-refractivity contribution in [2.24, 2.45) is 0 Å². The van der Waals surface area contributed by atoms with Gasteiger partial charge in [-0.2, -0.15) is 0 Å². The van der Waals surface area contributed by atoms with E-state index < -0.39 is 0 Å². The minimum Gasteiger partial charge on any atom is -0.439 e. The van der Waals surface area contributed by atoms with Gasteiger partial charge in [0.05, 0.1) is 0 Å². The van der Waals surface area contributed by atoms with Crippen LogP contribution < -0.4 is 9.47 Å². The van der Waals surface area contributed by atoms with E-state index in [2.05, 4.69) is 9.97 Å². The van der Waals surface area contributed by atoms with Crippen molar-refractivity contribution in [3.8, 4) is 11.8 Å². The summed E-state index contributed by atoms with van der Waals surface area (Å²) in [7, 11) is 0. The first-order valence-electron chi connectivity index (χ1n) is 2.76. The standard InChI is InChI=1S/C6H4N2O2/c1-2-8-6-5(7-1)9-3-4-10-6/h1-4H. The summed E-state index contributed by atoms with van der Waals surface area (Å²) < 4.78 is 9.89. The molecular formula is C6H4N2O2. The van der Waals surface area contributed by atoms with Crippen molar-refractivity contribution < 1.29 is 9.47 Å². The van der Waals surface area contributed by atoms with Crippen molar-refractivity contribution in [1.29, 1.82) is 0 Å².